The fraction of sp³-hybridized carbons (Fsp3) is 0.632. The van der Waals surface area contributed by atoms with Crippen molar-refractivity contribution < 1.29 is 19.4 Å². The van der Waals surface area contributed by atoms with Gasteiger partial charge in [-0.05, 0) is 49.1 Å². The molecule has 5 atom stereocenters. The standard InChI is InChI=1S/C19H22O4/c1-10-5-7-18-15-11-3-4-14(22-2)16(15)23-17(18)13(20)6-8-19(18,21)12(10)9-11/h3-4,10,12,17,21H,5-9H2,1-2H3/t10?,12-,17-,18?,19+/m0/s1. The number of hydrogen-bond acceptors (Lipinski definition) is 4. The van der Waals surface area contributed by atoms with Crippen molar-refractivity contribution in [3.8, 4) is 11.5 Å². The minimum absolute atomic E-state index is 0.133. The maximum absolute atomic E-state index is 12.7. The van der Waals surface area contributed by atoms with Crippen LogP contribution in [0.1, 0.15) is 43.7 Å². The molecule has 1 aromatic carbocycles. The lowest BCUT2D eigenvalue weighted by Gasteiger charge is -2.61. The fourth-order valence-corrected chi connectivity index (χ4v) is 6.07. The molecular weight excluding hydrogens is 292 g/mol. The normalized spacial score (nSPS) is 42.9. The zero-order valence-electron chi connectivity index (χ0n) is 13.6. The summed E-state index contributed by atoms with van der Waals surface area (Å²) < 4.78 is 11.7. The van der Waals surface area contributed by atoms with Crippen LogP contribution in [0.15, 0.2) is 12.1 Å². The lowest BCUT2D eigenvalue weighted by atomic mass is 9.44. The van der Waals surface area contributed by atoms with E-state index in [0.29, 0.717) is 30.3 Å². The molecule has 1 aliphatic heterocycles. The van der Waals surface area contributed by atoms with E-state index in [2.05, 4.69) is 13.0 Å². The van der Waals surface area contributed by atoms with Gasteiger partial charge in [0.25, 0.3) is 0 Å². The van der Waals surface area contributed by atoms with Crippen LogP contribution in [0.3, 0.4) is 0 Å². The summed E-state index contributed by atoms with van der Waals surface area (Å²) in [6.45, 7) is 2.24. The highest BCUT2D eigenvalue weighted by atomic mass is 16.5. The van der Waals surface area contributed by atoms with Crippen molar-refractivity contribution in [1.82, 2.24) is 0 Å². The molecule has 1 aromatic rings. The van der Waals surface area contributed by atoms with Gasteiger partial charge in [-0.3, -0.25) is 4.79 Å². The summed E-state index contributed by atoms with van der Waals surface area (Å²) in [6, 6.07) is 4.05. The third-order valence-corrected chi connectivity index (χ3v) is 7.11. The first-order valence-corrected chi connectivity index (χ1v) is 8.65. The molecule has 4 aliphatic rings. The Bertz CT molecular complexity index is 726. The second kappa shape index (κ2) is 4.10. The predicted octanol–water partition coefficient (Wildman–Crippen LogP) is 2.39. The largest absolute Gasteiger partial charge is 0.493 e. The molecule has 0 radical (unpaired) electrons. The van der Waals surface area contributed by atoms with E-state index in [4.69, 9.17) is 9.47 Å². The molecule has 2 bridgehead atoms. The molecule has 2 unspecified atom stereocenters. The molecule has 0 aromatic heterocycles. The Kier molecular flexibility index (Phi) is 2.47. The van der Waals surface area contributed by atoms with Crippen LogP contribution < -0.4 is 9.47 Å². The van der Waals surface area contributed by atoms with Crippen LogP contribution in [0.4, 0.5) is 0 Å². The number of carbonyl (C=O) groups is 1. The van der Waals surface area contributed by atoms with Crippen molar-refractivity contribution in [3.63, 3.8) is 0 Å². The fourth-order valence-electron chi connectivity index (χ4n) is 6.07. The molecule has 0 saturated heterocycles. The maximum Gasteiger partial charge on any atom is 0.174 e. The van der Waals surface area contributed by atoms with Crippen LogP contribution in [0.5, 0.6) is 11.5 Å². The average molecular weight is 314 g/mol. The molecule has 4 nitrogen and oxygen atoms in total. The number of benzene rings is 1. The van der Waals surface area contributed by atoms with E-state index in [0.717, 1.165) is 24.8 Å². The van der Waals surface area contributed by atoms with Crippen molar-refractivity contribution in [1.29, 1.82) is 0 Å². The molecule has 3 aliphatic carbocycles. The van der Waals surface area contributed by atoms with Gasteiger partial charge in [0, 0.05) is 12.0 Å². The van der Waals surface area contributed by atoms with Crippen LogP contribution in [0.25, 0.3) is 0 Å². The molecule has 1 spiro atoms. The summed E-state index contributed by atoms with van der Waals surface area (Å²) in [5.74, 6) is 2.20. The van der Waals surface area contributed by atoms with Gasteiger partial charge in [0.15, 0.2) is 23.4 Å². The van der Waals surface area contributed by atoms with Crippen molar-refractivity contribution in [2.75, 3.05) is 7.11 Å². The predicted molar refractivity (Wildman–Crippen MR) is 83.9 cm³/mol. The second-order valence-electron chi connectivity index (χ2n) is 7.82. The maximum atomic E-state index is 12.7. The first kappa shape index (κ1) is 13.8. The van der Waals surface area contributed by atoms with E-state index in [1.165, 1.54) is 5.56 Å². The number of ketones is 1. The highest BCUT2D eigenvalue weighted by Gasteiger charge is 2.72. The summed E-state index contributed by atoms with van der Waals surface area (Å²) >= 11 is 0. The molecule has 122 valence electrons. The van der Waals surface area contributed by atoms with E-state index >= 15 is 0 Å². The van der Waals surface area contributed by atoms with Crippen molar-refractivity contribution in [2.24, 2.45) is 11.8 Å². The van der Waals surface area contributed by atoms with E-state index in [1.54, 1.807) is 7.11 Å². The van der Waals surface area contributed by atoms with Crippen molar-refractivity contribution >= 4 is 5.78 Å². The van der Waals surface area contributed by atoms with E-state index in [9.17, 15) is 9.90 Å². The van der Waals surface area contributed by atoms with Gasteiger partial charge in [0.1, 0.15) is 0 Å². The van der Waals surface area contributed by atoms with E-state index in [1.807, 2.05) is 6.07 Å². The van der Waals surface area contributed by atoms with E-state index < -0.39 is 17.1 Å². The number of rotatable bonds is 1. The van der Waals surface area contributed by atoms with Crippen LogP contribution in [-0.2, 0) is 16.6 Å². The topological polar surface area (TPSA) is 55.8 Å². The Morgan fingerprint density at radius 1 is 1.35 bits per heavy atom. The van der Waals surface area contributed by atoms with Crippen LogP contribution in [-0.4, -0.2) is 29.7 Å². The van der Waals surface area contributed by atoms with Gasteiger partial charge in [0.05, 0.1) is 18.1 Å². The summed E-state index contributed by atoms with van der Waals surface area (Å²) in [6.07, 6.45) is 3.17. The monoisotopic (exact) mass is 314 g/mol. The zero-order valence-corrected chi connectivity index (χ0v) is 13.6. The summed E-state index contributed by atoms with van der Waals surface area (Å²) in [7, 11) is 1.63. The highest BCUT2D eigenvalue weighted by molar-refractivity contribution is 5.89. The van der Waals surface area contributed by atoms with Gasteiger partial charge >= 0.3 is 0 Å². The lowest BCUT2D eigenvalue weighted by molar-refractivity contribution is -0.186. The Hall–Kier alpha value is -1.55. The second-order valence-corrected chi connectivity index (χ2v) is 7.82. The molecule has 2 fully saturated rings. The lowest BCUT2D eigenvalue weighted by Crippen LogP contribution is -2.71. The minimum Gasteiger partial charge on any atom is -0.493 e. The molecule has 2 saturated carbocycles. The Labute approximate surface area is 135 Å². The van der Waals surface area contributed by atoms with Gasteiger partial charge in [-0.1, -0.05) is 13.0 Å². The summed E-state index contributed by atoms with van der Waals surface area (Å²) in [4.78, 5) is 12.7. The van der Waals surface area contributed by atoms with Crippen LogP contribution in [0.2, 0.25) is 0 Å². The van der Waals surface area contributed by atoms with Gasteiger partial charge in [-0.2, -0.15) is 0 Å². The average Bonchev–Trinajstić information content (AvgIpc) is 2.90. The summed E-state index contributed by atoms with van der Waals surface area (Å²) in [5.41, 5.74) is 0.921. The molecule has 1 heterocycles. The third-order valence-electron chi connectivity index (χ3n) is 7.11. The Balaban J connectivity index is 1.86. The Morgan fingerprint density at radius 3 is 2.96 bits per heavy atom. The third kappa shape index (κ3) is 1.33. The number of aliphatic hydroxyl groups is 1. The number of methoxy groups -OCH3 is 1. The van der Waals surface area contributed by atoms with Crippen molar-refractivity contribution in [3.05, 3.63) is 23.3 Å². The SMILES string of the molecule is COc1ccc2c3c1O[C@H]1C(=O)CC[C@@]4(O)[C@@H](C2)C(C)CCC314. The van der Waals surface area contributed by atoms with Gasteiger partial charge in [-0.15, -0.1) is 0 Å². The Morgan fingerprint density at radius 2 is 2.17 bits per heavy atom. The molecule has 1 N–H and O–H groups in total. The molecule has 0 amide bonds. The van der Waals surface area contributed by atoms with E-state index in [-0.39, 0.29) is 11.7 Å². The molecule has 23 heavy (non-hydrogen) atoms. The van der Waals surface area contributed by atoms with Gasteiger partial charge in [-0.25, -0.2) is 0 Å². The summed E-state index contributed by atoms with van der Waals surface area (Å²) in [5, 5.41) is 11.8. The quantitative estimate of drug-likeness (QED) is 0.865. The number of Topliss-reactive ketones (excluding diaryl/α,β-unsaturated/α-hetero) is 1. The first-order valence-electron chi connectivity index (χ1n) is 8.65. The highest BCUT2D eigenvalue weighted by Crippen LogP contribution is 2.67. The zero-order chi connectivity index (χ0) is 16.0. The smallest absolute Gasteiger partial charge is 0.174 e. The first-order chi connectivity index (χ1) is 11.0. The molecule has 5 rings (SSSR count). The number of ether oxygens (including phenoxy) is 2. The van der Waals surface area contributed by atoms with Crippen molar-refractivity contribution in [2.45, 2.75) is 56.1 Å². The number of carbonyl (C=O) groups excluding carboxylic acids is 1. The van der Waals surface area contributed by atoms with Gasteiger partial charge in [0.2, 0.25) is 0 Å². The number of hydrogen-bond donors (Lipinski definition) is 1. The van der Waals surface area contributed by atoms with Crippen LogP contribution in [0, 0.1) is 11.8 Å². The van der Waals surface area contributed by atoms with Gasteiger partial charge < -0.3 is 14.6 Å². The molecule has 4 heteroatoms. The molecular formula is C19H22O4. The van der Waals surface area contributed by atoms with Crippen LogP contribution >= 0.6 is 0 Å². The minimum atomic E-state index is -0.826.